The Morgan fingerprint density at radius 1 is 1.47 bits per heavy atom. The van der Waals surface area contributed by atoms with Crippen molar-refractivity contribution >= 4 is 15.9 Å². The zero-order chi connectivity index (χ0) is 10.8. The lowest BCUT2D eigenvalue weighted by atomic mass is 10.2. The van der Waals surface area contributed by atoms with Gasteiger partial charge >= 0.3 is 0 Å². The molecule has 0 fully saturated rings. The van der Waals surface area contributed by atoms with E-state index in [-0.39, 0.29) is 5.82 Å². The third-order valence-electron chi connectivity index (χ3n) is 2.13. The minimum Gasteiger partial charge on any atom is -0.314 e. The van der Waals surface area contributed by atoms with Crippen molar-refractivity contribution in [3.8, 4) is 11.4 Å². The van der Waals surface area contributed by atoms with Crippen LogP contribution in [0.5, 0.6) is 0 Å². The second-order valence-electron chi connectivity index (χ2n) is 3.06. The Labute approximate surface area is 95.1 Å². The lowest BCUT2D eigenvalue weighted by molar-refractivity contribution is 0.627. The summed E-state index contributed by atoms with van der Waals surface area (Å²) in [5, 5.41) is 7.84. The third-order valence-corrected chi connectivity index (χ3v) is 2.78. The molecule has 0 atom stereocenters. The molecule has 1 heterocycles. The van der Waals surface area contributed by atoms with Gasteiger partial charge in [-0.05, 0) is 41.1 Å². The van der Waals surface area contributed by atoms with E-state index in [0.717, 1.165) is 17.9 Å². The molecule has 1 aromatic heterocycles. The number of nitrogens with zero attached hydrogens (tertiary/aromatic N) is 3. The Bertz CT molecular complexity index is 481. The van der Waals surface area contributed by atoms with Crippen molar-refractivity contribution in [2.45, 2.75) is 13.5 Å². The van der Waals surface area contributed by atoms with Gasteiger partial charge in [0.05, 0.1) is 0 Å². The zero-order valence-corrected chi connectivity index (χ0v) is 9.70. The van der Waals surface area contributed by atoms with Gasteiger partial charge in [0, 0.05) is 16.6 Å². The number of hydrogen-bond donors (Lipinski definition) is 0. The summed E-state index contributed by atoms with van der Waals surface area (Å²) in [5.74, 6) is 0.470. The molecule has 0 aliphatic heterocycles. The monoisotopic (exact) mass is 269 g/mol. The second kappa shape index (κ2) is 4.10. The van der Waals surface area contributed by atoms with Gasteiger partial charge in [-0.3, -0.25) is 0 Å². The number of aromatic nitrogens is 3. The molecule has 0 radical (unpaired) electrons. The molecule has 2 rings (SSSR count). The van der Waals surface area contributed by atoms with Crippen LogP contribution in [-0.2, 0) is 6.54 Å². The Kier molecular flexibility index (Phi) is 2.81. The molecule has 3 nitrogen and oxygen atoms in total. The Morgan fingerprint density at radius 3 is 2.93 bits per heavy atom. The fraction of sp³-hybridized carbons (Fsp3) is 0.200. The average molecular weight is 270 g/mol. The van der Waals surface area contributed by atoms with Gasteiger partial charge in [0.15, 0.2) is 5.82 Å². The first-order chi connectivity index (χ1) is 7.22. The lowest BCUT2D eigenvalue weighted by Gasteiger charge is -2.05. The molecular weight excluding hydrogens is 261 g/mol. The predicted octanol–water partition coefficient (Wildman–Crippen LogP) is 2.87. The molecule has 0 N–H and O–H groups in total. The molecule has 5 heteroatoms. The summed E-state index contributed by atoms with van der Waals surface area (Å²) in [4.78, 5) is 0. The second-order valence-corrected chi connectivity index (χ2v) is 3.92. The molecule has 0 amide bonds. The van der Waals surface area contributed by atoms with Crippen molar-refractivity contribution in [1.29, 1.82) is 0 Å². The van der Waals surface area contributed by atoms with E-state index >= 15 is 0 Å². The van der Waals surface area contributed by atoms with Crippen LogP contribution in [0.4, 0.5) is 4.39 Å². The van der Waals surface area contributed by atoms with Crippen LogP contribution in [0.3, 0.4) is 0 Å². The van der Waals surface area contributed by atoms with Gasteiger partial charge in [-0.25, -0.2) is 4.39 Å². The van der Waals surface area contributed by atoms with Gasteiger partial charge in [-0.15, -0.1) is 10.2 Å². The Morgan fingerprint density at radius 2 is 2.27 bits per heavy atom. The fourth-order valence-electron chi connectivity index (χ4n) is 1.37. The predicted molar refractivity (Wildman–Crippen MR) is 58.8 cm³/mol. The van der Waals surface area contributed by atoms with Gasteiger partial charge in [0.2, 0.25) is 0 Å². The van der Waals surface area contributed by atoms with Gasteiger partial charge in [-0.2, -0.15) is 0 Å². The first-order valence-electron chi connectivity index (χ1n) is 4.55. The number of hydrogen-bond acceptors (Lipinski definition) is 2. The van der Waals surface area contributed by atoms with E-state index in [1.54, 1.807) is 12.4 Å². The minimum absolute atomic E-state index is 0.270. The normalized spacial score (nSPS) is 10.6. The summed E-state index contributed by atoms with van der Waals surface area (Å²) in [7, 11) is 0. The van der Waals surface area contributed by atoms with Crippen molar-refractivity contribution in [3.05, 3.63) is 34.8 Å². The molecule has 1 aromatic carbocycles. The highest BCUT2D eigenvalue weighted by atomic mass is 79.9. The molecular formula is C10H9BrFN3. The van der Waals surface area contributed by atoms with Gasteiger partial charge in [0.25, 0.3) is 0 Å². The molecule has 2 aromatic rings. The van der Waals surface area contributed by atoms with Crippen LogP contribution in [0, 0.1) is 5.82 Å². The highest BCUT2D eigenvalue weighted by molar-refractivity contribution is 9.10. The SMILES string of the molecule is CCn1cnnc1-c1ccc(F)cc1Br. The van der Waals surface area contributed by atoms with E-state index in [4.69, 9.17) is 0 Å². The van der Waals surface area contributed by atoms with E-state index in [0.29, 0.717) is 4.47 Å². The van der Waals surface area contributed by atoms with Crippen LogP contribution in [0.1, 0.15) is 6.92 Å². The highest BCUT2D eigenvalue weighted by Gasteiger charge is 2.10. The molecule has 0 saturated carbocycles. The third kappa shape index (κ3) is 1.92. The zero-order valence-electron chi connectivity index (χ0n) is 8.11. The maximum Gasteiger partial charge on any atom is 0.164 e. The number of aryl methyl sites for hydroxylation is 1. The van der Waals surface area contributed by atoms with Gasteiger partial charge < -0.3 is 4.57 Å². The molecule has 0 saturated heterocycles. The summed E-state index contributed by atoms with van der Waals surface area (Å²) in [5.41, 5.74) is 0.843. The Balaban J connectivity index is 2.54. The molecule has 0 unspecified atom stereocenters. The lowest BCUT2D eigenvalue weighted by Crippen LogP contribution is -1.96. The largest absolute Gasteiger partial charge is 0.314 e. The number of benzene rings is 1. The van der Waals surface area contributed by atoms with Crippen LogP contribution >= 0.6 is 15.9 Å². The van der Waals surface area contributed by atoms with E-state index < -0.39 is 0 Å². The van der Waals surface area contributed by atoms with Crippen LogP contribution < -0.4 is 0 Å². The number of halogens is 2. The molecule has 0 aliphatic carbocycles. The topological polar surface area (TPSA) is 30.7 Å². The quantitative estimate of drug-likeness (QED) is 0.840. The van der Waals surface area contributed by atoms with Gasteiger partial charge in [0.1, 0.15) is 12.1 Å². The summed E-state index contributed by atoms with van der Waals surface area (Å²) in [6.45, 7) is 2.79. The van der Waals surface area contributed by atoms with Crippen molar-refractivity contribution in [3.63, 3.8) is 0 Å². The maximum absolute atomic E-state index is 12.9. The van der Waals surface area contributed by atoms with Crippen molar-refractivity contribution < 1.29 is 4.39 Å². The first kappa shape index (κ1) is 10.3. The molecule has 0 spiro atoms. The van der Waals surface area contributed by atoms with Crippen LogP contribution in [0.2, 0.25) is 0 Å². The summed E-state index contributed by atoms with van der Waals surface area (Å²) < 4.78 is 15.5. The van der Waals surface area contributed by atoms with E-state index in [1.165, 1.54) is 12.1 Å². The van der Waals surface area contributed by atoms with Gasteiger partial charge in [-0.1, -0.05) is 0 Å². The van der Waals surface area contributed by atoms with E-state index in [2.05, 4.69) is 26.1 Å². The van der Waals surface area contributed by atoms with Crippen LogP contribution in [0.15, 0.2) is 29.0 Å². The summed E-state index contributed by atoms with van der Waals surface area (Å²) in [6, 6.07) is 4.52. The van der Waals surface area contributed by atoms with Crippen molar-refractivity contribution in [1.82, 2.24) is 14.8 Å². The first-order valence-corrected chi connectivity index (χ1v) is 5.35. The molecule has 15 heavy (non-hydrogen) atoms. The van der Waals surface area contributed by atoms with Crippen molar-refractivity contribution in [2.75, 3.05) is 0 Å². The van der Waals surface area contributed by atoms with E-state index in [9.17, 15) is 4.39 Å². The molecule has 0 bridgehead atoms. The van der Waals surface area contributed by atoms with E-state index in [1.807, 2.05) is 11.5 Å². The highest BCUT2D eigenvalue weighted by Crippen LogP contribution is 2.27. The molecule has 0 aliphatic rings. The van der Waals surface area contributed by atoms with Crippen LogP contribution in [-0.4, -0.2) is 14.8 Å². The minimum atomic E-state index is -0.270. The smallest absolute Gasteiger partial charge is 0.164 e. The standard InChI is InChI=1S/C10H9BrFN3/c1-2-15-6-13-14-10(15)8-4-3-7(12)5-9(8)11/h3-6H,2H2,1H3. The average Bonchev–Trinajstić information content (AvgIpc) is 2.65. The van der Waals surface area contributed by atoms with Crippen molar-refractivity contribution in [2.24, 2.45) is 0 Å². The number of rotatable bonds is 2. The van der Waals surface area contributed by atoms with Crippen LogP contribution in [0.25, 0.3) is 11.4 Å². The fourth-order valence-corrected chi connectivity index (χ4v) is 1.89. The summed E-state index contributed by atoms with van der Waals surface area (Å²) >= 11 is 3.31. The maximum atomic E-state index is 12.9. The molecule has 78 valence electrons. The Hall–Kier alpha value is -1.23. The summed E-state index contributed by atoms with van der Waals surface area (Å²) in [6.07, 6.45) is 1.66.